The Morgan fingerprint density at radius 1 is 1.16 bits per heavy atom. The average Bonchev–Trinajstić information content (AvgIpc) is 2.39. The Balaban J connectivity index is 2.27. The van der Waals surface area contributed by atoms with Crippen LogP contribution in [0.3, 0.4) is 0 Å². The molecule has 0 fully saturated rings. The predicted molar refractivity (Wildman–Crippen MR) is 65.9 cm³/mol. The van der Waals surface area contributed by atoms with Crippen LogP contribution in [0.15, 0.2) is 47.5 Å². The fourth-order valence-corrected chi connectivity index (χ4v) is 2.30. The largest absolute Gasteiger partial charge is 0.269 e. The minimum atomic E-state index is -3.83. The Kier molecular flexibility index (Phi) is 3.38. The number of nitrogens with one attached hydrogen (secondary N) is 1. The number of rotatable bonds is 4. The van der Waals surface area contributed by atoms with Gasteiger partial charge in [0.25, 0.3) is 15.7 Å². The number of hydrogen-bond acceptors (Lipinski definition) is 6. The molecule has 0 spiro atoms. The number of hydrogen-bond donors (Lipinski definition) is 1. The van der Waals surface area contributed by atoms with Crippen molar-refractivity contribution < 1.29 is 13.3 Å². The summed E-state index contributed by atoms with van der Waals surface area (Å²) < 4.78 is 26.1. The first kappa shape index (κ1) is 12.9. The van der Waals surface area contributed by atoms with Gasteiger partial charge in [-0.25, -0.2) is 8.42 Å². The fraction of sp³-hybridized carbons (Fsp3) is 0. The van der Waals surface area contributed by atoms with E-state index in [0.717, 1.165) is 24.3 Å². The first-order valence-corrected chi connectivity index (χ1v) is 6.52. The van der Waals surface area contributed by atoms with Gasteiger partial charge in [0.2, 0.25) is 0 Å². The topological polar surface area (TPSA) is 115 Å². The Morgan fingerprint density at radius 3 is 2.37 bits per heavy atom. The molecule has 8 nitrogen and oxygen atoms in total. The third kappa shape index (κ3) is 3.01. The van der Waals surface area contributed by atoms with Crippen LogP contribution in [0.4, 0.5) is 11.5 Å². The molecule has 0 amide bonds. The quantitative estimate of drug-likeness (QED) is 0.664. The number of nitro benzene ring substituents is 1. The van der Waals surface area contributed by atoms with Gasteiger partial charge < -0.3 is 0 Å². The van der Waals surface area contributed by atoms with Crippen molar-refractivity contribution in [3.63, 3.8) is 0 Å². The number of benzene rings is 1. The second-order valence-corrected chi connectivity index (χ2v) is 5.15. The molecule has 0 saturated heterocycles. The number of non-ortho nitro benzene ring substituents is 1. The van der Waals surface area contributed by atoms with E-state index >= 15 is 0 Å². The highest BCUT2D eigenvalue weighted by Gasteiger charge is 2.16. The molecule has 0 atom stereocenters. The molecule has 0 aliphatic heterocycles. The van der Waals surface area contributed by atoms with Crippen molar-refractivity contribution in [1.29, 1.82) is 0 Å². The minimum absolute atomic E-state index is 0.0702. The van der Waals surface area contributed by atoms with E-state index in [1.807, 2.05) is 0 Å². The molecule has 2 aromatic rings. The fourth-order valence-electron chi connectivity index (χ4n) is 1.30. The van der Waals surface area contributed by atoms with Gasteiger partial charge in [-0.1, -0.05) is 0 Å². The SMILES string of the molecule is O=[N+]([O-])c1ccc(S(=O)(=O)Nc2cccnn2)cc1. The highest BCUT2D eigenvalue weighted by atomic mass is 32.2. The summed E-state index contributed by atoms with van der Waals surface area (Å²) in [6.45, 7) is 0. The van der Waals surface area contributed by atoms with Gasteiger partial charge in [-0.15, -0.1) is 5.10 Å². The summed E-state index contributed by atoms with van der Waals surface area (Å²) >= 11 is 0. The van der Waals surface area contributed by atoms with Crippen molar-refractivity contribution in [2.75, 3.05) is 4.72 Å². The molecule has 19 heavy (non-hydrogen) atoms. The molecule has 0 saturated carbocycles. The van der Waals surface area contributed by atoms with Crippen LogP contribution in [0.5, 0.6) is 0 Å². The summed E-state index contributed by atoms with van der Waals surface area (Å²) in [4.78, 5) is 9.78. The highest BCUT2D eigenvalue weighted by molar-refractivity contribution is 7.92. The summed E-state index contributed by atoms with van der Waals surface area (Å²) in [7, 11) is -3.83. The number of aromatic nitrogens is 2. The Bertz CT molecular complexity index is 685. The second-order valence-electron chi connectivity index (χ2n) is 3.47. The van der Waals surface area contributed by atoms with Crippen LogP contribution in [0, 0.1) is 10.1 Å². The van der Waals surface area contributed by atoms with Gasteiger partial charge in [0.05, 0.1) is 9.82 Å². The van der Waals surface area contributed by atoms with Gasteiger partial charge in [-0.3, -0.25) is 14.8 Å². The number of nitrogens with zero attached hydrogens (tertiary/aromatic N) is 3. The number of nitro groups is 1. The molecule has 0 unspecified atom stereocenters. The molecule has 98 valence electrons. The van der Waals surface area contributed by atoms with Crippen LogP contribution in [-0.2, 0) is 10.0 Å². The van der Waals surface area contributed by atoms with Crippen LogP contribution in [0.1, 0.15) is 0 Å². The van der Waals surface area contributed by atoms with E-state index in [2.05, 4.69) is 14.9 Å². The zero-order valence-corrected chi connectivity index (χ0v) is 10.2. The molecule has 0 aliphatic carbocycles. The molecular weight excluding hydrogens is 272 g/mol. The van der Waals surface area contributed by atoms with Crippen molar-refractivity contribution in [2.24, 2.45) is 0 Å². The first-order valence-electron chi connectivity index (χ1n) is 5.04. The standard InChI is InChI=1S/C10H8N4O4S/c15-14(16)8-3-5-9(6-4-8)19(17,18)13-10-2-1-7-11-12-10/h1-7H,(H,12,13). The molecular formula is C10H8N4O4S. The van der Waals surface area contributed by atoms with E-state index < -0.39 is 14.9 Å². The van der Waals surface area contributed by atoms with Gasteiger partial charge in [0.15, 0.2) is 5.82 Å². The first-order chi connectivity index (χ1) is 8.99. The average molecular weight is 280 g/mol. The van der Waals surface area contributed by atoms with E-state index in [9.17, 15) is 18.5 Å². The summed E-state index contributed by atoms with van der Waals surface area (Å²) in [6, 6.07) is 7.50. The monoisotopic (exact) mass is 280 g/mol. The Morgan fingerprint density at radius 2 is 1.84 bits per heavy atom. The van der Waals surface area contributed by atoms with Crippen LogP contribution in [-0.4, -0.2) is 23.5 Å². The van der Waals surface area contributed by atoms with E-state index in [1.165, 1.54) is 18.3 Å². The van der Waals surface area contributed by atoms with Crippen molar-refractivity contribution in [3.8, 4) is 0 Å². The normalized spacial score (nSPS) is 10.9. The van der Waals surface area contributed by atoms with E-state index in [-0.39, 0.29) is 16.4 Å². The third-order valence-corrected chi connectivity index (χ3v) is 3.54. The maximum atomic E-state index is 11.9. The Hall–Kier alpha value is -2.55. The summed E-state index contributed by atoms with van der Waals surface area (Å²) in [5.74, 6) is 0.0702. The lowest BCUT2D eigenvalue weighted by molar-refractivity contribution is -0.384. The second kappa shape index (κ2) is 4.98. The lowest BCUT2D eigenvalue weighted by Gasteiger charge is -2.05. The van der Waals surface area contributed by atoms with Crippen molar-refractivity contribution in [3.05, 3.63) is 52.7 Å². The molecule has 1 heterocycles. The van der Waals surface area contributed by atoms with Crippen LogP contribution < -0.4 is 4.72 Å². The molecule has 1 aromatic carbocycles. The van der Waals surface area contributed by atoms with E-state index in [4.69, 9.17) is 0 Å². The highest BCUT2D eigenvalue weighted by Crippen LogP contribution is 2.17. The lowest BCUT2D eigenvalue weighted by atomic mass is 10.3. The summed E-state index contributed by atoms with van der Waals surface area (Å²) in [6.07, 6.45) is 1.41. The molecule has 9 heteroatoms. The van der Waals surface area contributed by atoms with Crippen LogP contribution >= 0.6 is 0 Å². The van der Waals surface area contributed by atoms with Gasteiger partial charge in [0, 0.05) is 18.3 Å². The third-order valence-electron chi connectivity index (χ3n) is 2.17. The molecule has 0 radical (unpaired) electrons. The molecule has 0 aliphatic rings. The minimum Gasteiger partial charge on any atom is -0.262 e. The van der Waals surface area contributed by atoms with E-state index in [0.29, 0.717) is 0 Å². The summed E-state index contributed by atoms with van der Waals surface area (Å²) in [5, 5.41) is 17.6. The van der Waals surface area contributed by atoms with Crippen molar-refractivity contribution in [1.82, 2.24) is 10.2 Å². The molecule has 1 aromatic heterocycles. The maximum Gasteiger partial charge on any atom is 0.269 e. The van der Waals surface area contributed by atoms with Gasteiger partial charge >= 0.3 is 0 Å². The van der Waals surface area contributed by atoms with Gasteiger partial charge in [-0.05, 0) is 24.3 Å². The zero-order valence-electron chi connectivity index (χ0n) is 9.42. The van der Waals surface area contributed by atoms with Crippen LogP contribution in [0.25, 0.3) is 0 Å². The Labute approximate surface area is 108 Å². The van der Waals surface area contributed by atoms with Gasteiger partial charge in [0.1, 0.15) is 0 Å². The number of sulfonamides is 1. The predicted octanol–water partition coefficient (Wildman–Crippen LogP) is 1.19. The van der Waals surface area contributed by atoms with Crippen molar-refractivity contribution in [2.45, 2.75) is 4.90 Å². The van der Waals surface area contributed by atoms with Gasteiger partial charge in [-0.2, -0.15) is 5.10 Å². The molecule has 2 rings (SSSR count). The summed E-state index contributed by atoms with van der Waals surface area (Å²) in [5.41, 5.74) is -0.182. The smallest absolute Gasteiger partial charge is 0.262 e. The molecule has 0 bridgehead atoms. The number of anilines is 1. The van der Waals surface area contributed by atoms with Crippen LogP contribution in [0.2, 0.25) is 0 Å². The lowest BCUT2D eigenvalue weighted by Crippen LogP contribution is -2.14. The molecule has 1 N–H and O–H groups in total. The zero-order chi connectivity index (χ0) is 13.9. The maximum absolute atomic E-state index is 11.9. The van der Waals surface area contributed by atoms with Crippen molar-refractivity contribution >= 4 is 21.5 Å². The van der Waals surface area contributed by atoms with E-state index in [1.54, 1.807) is 0 Å².